The number of aliphatic hydroxyl groups is 1. The zero-order valence-corrected chi connectivity index (χ0v) is 10.0. The lowest BCUT2D eigenvalue weighted by Gasteiger charge is -2.28. The molecule has 0 heterocycles. The van der Waals surface area contributed by atoms with Gasteiger partial charge in [0.15, 0.2) is 0 Å². The van der Waals surface area contributed by atoms with Crippen LogP contribution in [0.4, 0.5) is 18.0 Å². The van der Waals surface area contributed by atoms with E-state index in [-0.39, 0.29) is 6.61 Å². The van der Waals surface area contributed by atoms with Gasteiger partial charge in [-0.15, -0.1) is 0 Å². The molecule has 0 saturated heterocycles. The molecule has 0 aliphatic heterocycles. The smallest absolute Gasteiger partial charge is 0.390 e. The van der Waals surface area contributed by atoms with Gasteiger partial charge in [0.25, 0.3) is 0 Å². The van der Waals surface area contributed by atoms with Crippen LogP contribution in [0.25, 0.3) is 0 Å². The maximum absolute atomic E-state index is 11.8. The average molecular weight is 256 g/mol. The molecular formula is C10H19F3N2O2. The highest BCUT2D eigenvalue weighted by atomic mass is 19.4. The third kappa shape index (κ3) is 7.84. The summed E-state index contributed by atoms with van der Waals surface area (Å²) in [5.74, 6) is 0. The molecule has 3 N–H and O–H groups in total. The normalized spacial score (nSPS) is 15.2. The summed E-state index contributed by atoms with van der Waals surface area (Å²) in [5, 5.41) is 13.7. The van der Waals surface area contributed by atoms with Gasteiger partial charge >= 0.3 is 12.2 Å². The lowest BCUT2D eigenvalue weighted by molar-refractivity contribution is -0.132. The highest BCUT2D eigenvalue weighted by Gasteiger charge is 2.28. The third-order valence-corrected chi connectivity index (χ3v) is 2.26. The van der Waals surface area contributed by atoms with Crippen molar-refractivity contribution in [1.82, 2.24) is 10.6 Å². The van der Waals surface area contributed by atoms with E-state index in [1.807, 2.05) is 6.92 Å². The summed E-state index contributed by atoms with van der Waals surface area (Å²) < 4.78 is 35.5. The zero-order chi connectivity index (χ0) is 13.5. The molecule has 0 aromatic rings. The molecule has 0 fully saturated rings. The predicted molar refractivity (Wildman–Crippen MR) is 57.6 cm³/mol. The molecule has 4 nitrogen and oxygen atoms in total. The lowest BCUT2D eigenvalue weighted by atomic mass is 9.98. The maximum atomic E-state index is 11.8. The number of carbonyl (C=O) groups is 1. The number of carbonyl (C=O) groups excluding carboxylic acids is 1. The number of hydrogen-bond acceptors (Lipinski definition) is 2. The number of alkyl halides is 3. The Bertz CT molecular complexity index is 246. The molecule has 102 valence electrons. The van der Waals surface area contributed by atoms with Crippen LogP contribution in [0.5, 0.6) is 0 Å². The predicted octanol–water partition coefficient (Wildman–Crippen LogP) is 1.79. The van der Waals surface area contributed by atoms with Crippen molar-refractivity contribution >= 4 is 6.03 Å². The van der Waals surface area contributed by atoms with Crippen molar-refractivity contribution in [3.05, 3.63) is 0 Å². The first-order valence-electron chi connectivity index (χ1n) is 5.46. The van der Waals surface area contributed by atoms with Crippen LogP contribution in [0.1, 0.15) is 33.1 Å². The van der Waals surface area contributed by atoms with Gasteiger partial charge < -0.3 is 15.7 Å². The second-order valence-corrected chi connectivity index (χ2v) is 4.21. The van der Waals surface area contributed by atoms with E-state index in [2.05, 4.69) is 10.6 Å². The van der Waals surface area contributed by atoms with Crippen LogP contribution in [-0.4, -0.2) is 36.0 Å². The molecule has 0 saturated carbocycles. The summed E-state index contributed by atoms with van der Waals surface area (Å²) >= 11 is 0. The molecule has 1 atom stereocenters. The van der Waals surface area contributed by atoms with E-state index >= 15 is 0 Å². The summed E-state index contributed by atoms with van der Waals surface area (Å²) in [6, 6.07) is -0.695. The van der Waals surface area contributed by atoms with Crippen LogP contribution in [-0.2, 0) is 0 Å². The Hall–Kier alpha value is -0.980. The molecule has 7 heteroatoms. The van der Waals surface area contributed by atoms with Crippen LogP contribution in [0.3, 0.4) is 0 Å². The van der Waals surface area contributed by atoms with Gasteiger partial charge in [-0.3, -0.25) is 0 Å². The number of nitrogens with one attached hydrogen (secondary N) is 2. The Balaban J connectivity index is 4.00. The van der Waals surface area contributed by atoms with Gasteiger partial charge in [0.1, 0.15) is 0 Å². The van der Waals surface area contributed by atoms with Gasteiger partial charge in [0.05, 0.1) is 18.6 Å². The minimum atomic E-state index is -4.28. The Morgan fingerprint density at radius 2 is 1.88 bits per heavy atom. The molecule has 1 unspecified atom stereocenters. The van der Waals surface area contributed by atoms with Gasteiger partial charge in [-0.05, 0) is 13.3 Å². The Morgan fingerprint density at radius 3 is 2.29 bits per heavy atom. The molecular weight excluding hydrogens is 237 g/mol. The van der Waals surface area contributed by atoms with Crippen LogP contribution in [0.2, 0.25) is 0 Å². The van der Waals surface area contributed by atoms with Gasteiger partial charge in [-0.2, -0.15) is 13.2 Å². The summed E-state index contributed by atoms with van der Waals surface area (Å²) in [6.07, 6.45) is -4.04. The van der Waals surface area contributed by atoms with Gasteiger partial charge in [-0.1, -0.05) is 13.3 Å². The molecule has 0 radical (unpaired) electrons. The maximum Gasteiger partial charge on any atom is 0.390 e. The zero-order valence-electron chi connectivity index (χ0n) is 10.0. The van der Waals surface area contributed by atoms with E-state index in [0.717, 1.165) is 6.42 Å². The molecule has 0 aromatic carbocycles. The number of urea groups is 1. The van der Waals surface area contributed by atoms with E-state index in [1.165, 1.54) is 0 Å². The number of aliphatic hydroxyl groups excluding tert-OH is 1. The monoisotopic (exact) mass is 256 g/mol. The standard InChI is InChI=1S/C10H19F3N2O2/c1-3-4-9(2,7-16)15-8(17)14-6-5-10(11,12)13/h16H,3-7H2,1-2H3,(H2,14,15,17). The minimum absolute atomic E-state index is 0.256. The topological polar surface area (TPSA) is 61.4 Å². The molecule has 0 aromatic heterocycles. The molecule has 0 bridgehead atoms. The first-order chi connectivity index (χ1) is 7.72. The summed E-state index contributed by atoms with van der Waals surface area (Å²) in [7, 11) is 0. The van der Waals surface area contributed by atoms with Crippen molar-refractivity contribution in [3.8, 4) is 0 Å². The van der Waals surface area contributed by atoms with E-state index in [9.17, 15) is 18.0 Å². The highest BCUT2D eigenvalue weighted by molar-refractivity contribution is 5.74. The van der Waals surface area contributed by atoms with Crippen molar-refractivity contribution in [3.63, 3.8) is 0 Å². The van der Waals surface area contributed by atoms with Crippen molar-refractivity contribution in [2.75, 3.05) is 13.2 Å². The van der Waals surface area contributed by atoms with E-state index < -0.39 is 30.7 Å². The first kappa shape index (κ1) is 16.0. The molecule has 0 aliphatic rings. The van der Waals surface area contributed by atoms with E-state index in [1.54, 1.807) is 6.92 Å². The second kappa shape index (κ2) is 6.68. The highest BCUT2D eigenvalue weighted by Crippen LogP contribution is 2.18. The van der Waals surface area contributed by atoms with Crippen LogP contribution < -0.4 is 10.6 Å². The number of rotatable bonds is 6. The van der Waals surface area contributed by atoms with Crippen molar-refractivity contribution < 1.29 is 23.1 Å². The van der Waals surface area contributed by atoms with Crippen LogP contribution in [0.15, 0.2) is 0 Å². The number of amides is 2. The van der Waals surface area contributed by atoms with Crippen molar-refractivity contribution in [2.45, 2.75) is 44.8 Å². The largest absolute Gasteiger partial charge is 0.394 e. The number of hydrogen-bond donors (Lipinski definition) is 3. The quantitative estimate of drug-likeness (QED) is 0.678. The Morgan fingerprint density at radius 1 is 1.29 bits per heavy atom. The molecule has 0 aliphatic carbocycles. The van der Waals surface area contributed by atoms with E-state index in [0.29, 0.717) is 6.42 Å². The Labute approximate surface area is 98.6 Å². The van der Waals surface area contributed by atoms with Crippen molar-refractivity contribution in [1.29, 1.82) is 0 Å². The van der Waals surface area contributed by atoms with Gasteiger partial charge in [-0.25, -0.2) is 4.79 Å². The summed E-state index contributed by atoms with van der Waals surface area (Å²) in [4.78, 5) is 11.3. The fourth-order valence-corrected chi connectivity index (χ4v) is 1.37. The number of halogens is 3. The first-order valence-corrected chi connectivity index (χ1v) is 5.46. The third-order valence-electron chi connectivity index (χ3n) is 2.26. The summed E-state index contributed by atoms with van der Waals surface area (Å²) in [5.41, 5.74) is -0.795. The average Bonchev–Trinajstić information content (AvgIpc) is 2.15. The summed E-state index contributed by atoms with van der Waals surface area (Å²) in [6.45, 7) is 2.80. The molecule has 2 amide bonds. The van der Waals surface area contributed by atoms with Crippen molar-refractivity contribution in [2.24, 2.45) is 0 Å². The molecule has 0 rings (SSSR count). The van der Waals surface area contributed by atoms with E-state index in [4.69, 9.17) is 5.11 Å². The fraction of sp³-hybridized carbons (Fsp3) is 0.900. The molecule has 0 spiro atoms. The molecule has 17 heavy (non-hydrogen) atoms. The fourth-order valence-electron chi connectivity index (χ4n) is 1.37. The minimum Gasteiger partial charge on any atom is -0.394 e. The van der Waals surface area contributed by atoms with Crippen LogP contribution >= 0.6 is 0 Å². The van der Waals surface area contributed by atoms with Gasteiger partial charge in [0, 0.05) is 6.54 Å². The second-order valence-electron chi connectivity index (χ2n) is 4.21. The lowest BCUT2D eigenvalue weighted by Crippen LogP contribution is -2.52. The Kier molecular flexibility index (Phi) is 6.30. The van der Waals surface area contributed by atoms with Gasteiger partial charge in [0.2, 0.25) is 0 Å². The van der Waals surface area contributed by atoms with Crippen LogP contribution in [0, 0.1) is 0 Å². The SMILES string of the molecule is CCCC(C)(CO)NC(=O)NCCC(F)(F)F.